The van der Waals surface area contributed by atoms with E-state index in [-0.39, 0.29) is 28.8 Å². The van der Waals surface area contributed by atoms with Gasteiger partial charge in [-0.15, -0.1) is 0 Å². The van der Waals surface area contributed by atoms with Crippen molar-refractivity contribution in [1.29, 1.82) is 0 Å². The van der Waals surface area contributed by atoms with Gasteiger partial charge in [-0.3, -0.25) is 14.9 Å². The first kappa shape index (κ1) is 16.6. The SMILES string of the molecule is O=C(COC(=O)C1=COCCO1)Nc1ccc(Cl)cc1[N+](=O)[O-]. The molecule has 122 valence electrons. The lowest BCUT2D eigenvalue weighted by Crippen LogP contribution is -2.24. The molecule has 0 spiro atoms. The van der Waals surface area contributed by atoms with Gasteiger partial charge in [-0.25, -0.2) is 4.79 Å². The summed E-state index contributed by atoms with van der Waals surface area (Å²) in [5.74, 6) is -1.77. The minimum absolute atomic E-state index is 0.0584. The van der Waals surface area contributed by atoms with Gasteiger partial charge in [0.2, 0.25) is 5.76 Å². The molecule has 1 amide bonds. The summed E-state index contributed by atoms with van der Waals surface area (Å²) < 4.78 is 14.6. The number of esters is 1. The van der Waals surface area contributed by atoms with E-state index in [1.165, 1.54) is 12.1 Å². The Morgan fingerprint density at radius 3 is 2.83 bits per heavy atom. The highest BCUT2D eigenvalue weighted by Gasteiger charge is 2.20. The number of halogens is 1. The number of hydrogen-bond donors (Lipinski definition) is 1. The van der Waals surface area contributed by atoms with Crippen molar-refractivity contribution in [2.45, 2.75) is 0 Å². The van der Waals surface area contributed by atoms with Crippen LogP contribution in [0.4, 0.5) is 11.4 Å². The number of benzene rings is 1. The molecule has 0 unspecified atom stereocenters. The van der Waals surface area contributed by atoms with Gasteiger partial charge in [-0.2, -0.15) is 0 Å². The maximum atomic E-state index is 11.7. The first-order valence-electron chi connectivity index (χ1n) is 6.33. The van der Waals surface area contributed by atoms with Crippen molar-refractivity contribution in [3.63, 3.8) is 0 Å². The topological polar surface area (TPSA) is 117 Å². The van der Waals surface area contributed by atoms with Gasteiger partial charge in [-0.05, 0) is 12.1 Å². The Balaban J connectivity index is 1.94. The molecule has 0 aliphatic carbocycles. The lowest BCUT2D eigenvalue weighted by Gasteiger charge is -2.14. The zero-order valence-electron chi connectivity index (χ0n) is 11.6. The Kier molecular flexibility index (Phi) is 5.36. The first-order valence-corrected chi connectivity index (χ1v) is 6.70. The second-order valence-electron chi connectivity index (χ2n) is 4.24. The molecule has 0 fully saturated rings. The number of rotatable bonds is 5. The highest BCUT2D eigenvalue weighted by Crippen LogP contribution is 2.27. The number of amides is 1. The third-order valence-electron chi connectivity index (χ3n) is 2.62. The standard InChI is InChI=1S/C13H11ClN2O7/c14-8-1-2-9(10(5-8)16(19)20)15-12(17)7-23-13(18)11-6-21-3-4-22-11/h1-2,5-6H,3-4,7H2,(H,15,17). The number of hydrogen-bond acceptors (Lipinski definition) is 7. The van der Waals surface area contributed by atoms with Crippen LogP contribution in [0.3, 0.4) is 0 Å². The average molecular weight is 343 g/mol. The predicted octanol–water partition coefficient (Wildman–Crippen LogP) is 1.62. The molecule has 2 rings (SSSR count). The largest absolute Gasteiger partial charge is 0.493 e. The third kappa shape index (κ3) is 4.58. The van der Waals surface area contributed by atoms with Crippen molar-refractivity contribution < 1.29 is 28.7 Å². The lowest BCUT2D eigenvalue weighted by atomic mass is 10.2. The van der Waals surface area contributed by atoms with Crippen LogP contribution < -0.4 is 5.32 Å². The molecule has 0 bridgehead atoms. The smallest absolute Gasteiger partial charge is 0.377 e. The number of nitro benzene ring substituents is 1. The van der Waals surface area contributed by atoms with E-state index in [1.807, 2.05) is 0 Å². The minimum atomic E-state index is -0.870. The zero-order valence-corrected chi connectivity index (χ0v) is 12.4. The number of anilines is 1. The molecule has 1 aliphatic heterocycles. The third-order valence-corrected chi connectivity index (χ3v) is 2.85. The number of ether oxygens (including phenoxy) is 3. The second kappa shape index (κ2) is 7.45. The molecule has 0 radical (unpaired) electrons. The maximum Gasteiger partial charge on any atom is 0.377 e. The van der Waals surface area contributed by atoms with E-state index in [2.05, 4.69) is 5.32 Å². The predicted molar refractivity (Wildman–Crippen MR) is 77.7 cm³/mol. The molecular formula is C13H11ClN2O7. The normalized spacial score (nSPS) is 13.2. The van der Waals surface area contributed by atoms with E-state index < -0.39 is 23.4 Å². The summed E-state index contributed by atoms with van der Waals surface area (Å²) in [4.78, 5) is 33.5. The number of carbonyl (C=O) groups excluding carboxylic acids is 2. The zero-order chi connectivity index (χ0) is 16.8. The van der Waals surface area contributed by atoms with Crippen molar-refractivity contribution in [3.8, 4) is 0 Å². The summed E-state index contributed by atoms with van der Waals surface area (Å²) in [6.45, 7) is -0.124. The molecule has 0 aromatic heterocycles. The highest BCUT2D eigenvalue weighted by atomic mass is 35.5. The Labute approximate surface area is 134 Å². The average Bonchev–Trinajstić information content (AvgIpc) is 2.55. The van der Waals surface area contributed by atoms with Crippen molar-refractivity contribution in [1.82, 2.24) is 0 Å². The number of nitrogens with zero attached hydrogens (tertiary/aromatic N) is 1. The summed E-state index contributed by atoms with van der Waals surface area (Å²) in [6, 6.07) is 3.76. The van der Waals surface area contributed by atoms with Gasteiger partial charge in [0.1, 0.15) is 25.2 Å². The molecule has 1 aromatic carbocycles. The molecular weight excluding hydrogens is 332 g/mol. The monoisotopic (exact) mass is 342 g/mol. The summed E-state index contributed by atoms with van der Waals surface area (Å²) >= 11 is 5.67. The number of carbonyl (C=O) groups is 2. The van der Waals surface area contributed by atoms with Gasteiger partial charge in [0.05, 0.1) is 4.92 Å². The molecule has 1 N–H and O–H groups in total. The van der Waals surface area contributed by atoms with E-state index in [4.69, 9.17) is 25.8 Å². The summed E-state index contributed by atoms with van der Waals surface area (Å²) in [5, 5.41) is 13.3. The first-order chi connectivity index (χ1) is 11.0. The molecule has 0 atom stereocenters. The van der Waals surface area contributed by atoms with Crippen LogP contribution in [0, 0.1) is 10.1 Å². The van der Waals surface area contributed by atoms with Crippen LogP contribution in [-0.2, 0) is 23.8 Å². The fraction of sp³-hybridized carbons (Fsp3) is 0.231. The Hall–Kier alpha value is -2.81. The maximum absolute atomic E-state index is 11.7. The molecule has 1 heterocycles. The van der Waals surface area contributed by atoms with Gasteiger partial charge in [0.15, 0.2) is 6.61 Å². The van der Waals surface area contributed by atoms with Crippen LogP contribution in [0.1, 0.15) is 0 Å². The Bertz CT molecular complexity index is 674. The molecule has 9 nitrogen and oxygen atoms in total. The van der Waals surface area contributed by atoms with Gasteiger partial charge in [0.25, 0.3) is 11.6 Å². The second-order valence-corrected chi connectivity index (χ2v) is 4.68. The van der Waals surface area contributed by atoms with Gasteiger partial charge in [0, 0.05) is 11.1 Å². The lowest BCUT2D eigenvalue weighted by molar-refractivity contribution is -0.383. The van der Waals surface area contributed by atoms with Crippen LogP contribution >= 0.6 is 11.6 Å². The molecule has 23 heavy (non-hydrogen) atoms. The van der Waals surface area contributed by atoms with E-state index in [0.717, 1.165) is 12.3 Å². The van der Waals surface area contributed by atoms with Crippen LogP contribution in [0.2, 0.25) is 5.02 Å². The quantitative estimate of drug-likeness (QED) is 0.490. The molecule has 0 saturated heterocycles. The molecule has 10 heteroatoms. The minimum Gasteiger partial charge on any atom is -0.493 e. The fourth-order valence-electron chi connectivity index (χ4n) is 1.63. The van der Waals surface area contributed by atoms with Crippen molar-refractivity contribution in [3.05, 3.63) is 45.4 Å². The van der Waals surface area contributed by atoms with Gasteiger partial charge < -0.3 is 19.5 Å². The van der Waals surface area contributed by atoms with Crippen molar-refractivity contribution in [2.24, 2.45) is 0 Å². The van der Waals surface area contributed by atoms with E-state index >= 15 is 0 Å². The highest BCUT2D eigenvalue weighted by molar-refractivity contribution is 6.31. The van der Waals surface area contributed by atoms with Crippen molar-refractivity contribution in [2.75, 3.05) is 25.1 Å². The number of nitro groups is 1. The van der Waals surface area contributed by atoms with Crippen LogP contribution in [0.5, 0.6) is 0 Å². The van der Waals surface area contributed by atoms with Crippen LogP contribution in [-0.4, -0.2) is 36.6 Å². The Morgan fingerprint density at radius 1 is 1.39 bits per heavy atom. The summed E-state index contributed by atoms with van der Waals surface area (Å²) in [6.07, 6.45) is 1.09. The molecule has 1 aliphatic rings. The van der Waals surface area contributed by atoms with Gasteiger partial charge in [-0.1, -0.05) is 11.6 Å². The van der Waals surface area contributed by atoms with Crippen LogP contribution in [0.25, 0.3) is 0 Å². The summed E-state index contributed by atoms with van der Waals surface area (Å²) in [5.41, 5.74) is -0.430. The molecule has 0 saturated carbocycles. The van der Waals surface area contributed by atoms with Crippen LogP contribution in [0.15, 0.2) is 30.2 Å². The number of nitrogens with one attached hydrogen (secondary N) is 1. The van der Waals surface area contributed by atoms with E-state index in [1.54, 1.807) is 0 Å². The van der Waals surface area contributed by atoms with E-state index in [0.29, 0.717) is 6.61 Å². The van der Waals surface area contributed by atoms with Crippen molar-refractivity contribution >= 4 is 34.9 Å². The van der Waals surface area contributed by atoms with Gasteiger partial charge >= 0.3 is 5.97 Å². The summed E-state index contributed by atoms with van der Waals surface area (Å²) in [7, 11) is 0. The van der Waals surface area contributed by atoms with E-state index in [9.17, 15) is 19.7 Å². The molecule has 1 aromatic rings. The Morgan fingerprint density at radius 2 is 2.17 bits per heavy atom. The fourth-order valence-corrected chi connectivity index (χ4v) is 1.79.